The number of hydrogen-bond acceptors (Lipinski definition) is 5. The van der Waals surface area contributed by atoms with E-state index in [1.165, 1.54) is 18.4 Å². The summed E-state index contributed by atoms with van der Waals surface area (Å²) in [6, 6.07) is 8.15. The molecule has 1 aliphatic rings. The van der Waals surface area contributed by atoms with E-state index in [4.69, 9.17) is 0 Å². The number of benzene rings is 1. The Bertz CT molecular complexity index is 833. The molecule has 0 spiro atoms. The maximum atomic E-state index is 4.30. The first-order chi connectivity index (χ1) is 11.8. The Morgan fingerprint density at radius 1 is 1.08 bits per heavy atom. The van der Waals surface area contributed by atoms with Crippen LogP contribution in [-0.2, 0) is 26.1 Å². The summed E-state index contributed by atoms with van der Waals surface area (Å²) in [4.78, 5) is 0. The van der Waals surface area contributed by atoms with Gasteiger partial charge in [0.1, 0.15) is 11.6 Å². The van der Waals surface area contributed by atoms with E-state index in [0.717, 1.165) is 36.0 Å². The van der Waals surface area contributed by atoms with Gasteiger partial charge in [0.25, 0.3) is 0 Å². The first-order valence-electron chi connectivity index (χ1n) is 8.40. The van der Waals surface area contributed by atoms with Crippen LogP contribution >= 0.6 is 0 Å². The fourth-order valence-electron chi connectivity index (χ4n) is 3.12. The Kier molecular flexibility index (Phi) is 4.08. The predicted molar refractivity (Wildman–Crippen MR) is 89.6 cm³/mol. The predicted octanol–water partition coefficient (Wildman–Crippen LogP) is 1.79. The molecule has 0 atom stereocenters. The summed E-state index contributed by atoms with van der Waals surface area (Å²) >= 11 is 0. The molecule has 0 saturated carbocycles. The number of fused-ring (bicyclic) bond motifs is 1. The van der Waals surface area contributed by atoms with E-state index in [-0.39, 0.29) is 0 Å². The van der Waals surface area contributed by atoms with Crippen molar-refractivity contribution in [2.75, 3.05) is 0 Å². The summed E-state index contributed by atoms with van der Waals surface area (Å²) in [7, 11) is 0. The van der Waals surface area contributed by atoms with Crippen LogP contribution in [0.25, 0.3) is 5.69 Å². The van der Waals surface area contributed by atoms with Crippen LogP contribution in [0.1, 0.15) is 35.7 Å². The minimum absolute atomic E-state index is 0.661. The van der Waals surface area contributed by atoms with Crippen molar-refractivity contribution in [3.05, 3.63) is 53.4 Å². The second-order valence-electron chi connectivity index (χ2n) is 6.19. The third-order valence-corrected chi connectivity index (χ3v) is 4.43. The lowest BCUT2D eigenvalue weighted by molar-refractivity contribution is 0.496. The van der Waals surface area contributed by atoms with Crippen LogP contribution in [-0.4, -0.2) is 29.8 Å². The van der Waals surface area contributed by atoms with E-state index in [9.17, 15) is 0 Å². The first kappa shape index (κ1) is 15.0. The number of nitrogens with one attached hydrogen (secondary N) is 1. The molecule has 1 N–H and O–H groups in total. The van der Waals surface area contributed by atoms with Gasteiger partial charge in [-0.3, -0.25) is 0 Å². The van der Waals surface area contributed by atoms with Gasteiger partial charge in [0.05, 0.1) is 24.1 Å². The van der Waals surface area contributed by atoms with E-state index in [0.29, 0.717) is 13.1 Å². The lowest BCUT2D eigenvalue weighted by Gasteiger charge is -2.14. The van der Waals surface area contributed by atoms with Crippen LogP contribution in [0.3, 0.4) is 0 Å². The average molecular weight is 323 g/mol. The van der Waals surface area contributed by atoms with Crippen LogP contribution in [0.5, 0.6) is 0 Å². The summed E-state index contributed by atoms with van der Waals surface area (Å²) in [5, 5.41) is 20.4. The smallest absolute Gasteiger partial charge is 0.147 e. The molecule has 124 valence electrons. The van der Waals surface area contributed by atoms with Crippen molar-refractivity contribution < 1.29 is 0 Å². The van der Waals surface area contributed by atoms with Gasteiger partial charge < -0.3 is 9.88 Å². The Balaban J connectivity index is 1.39. The third kappa shape index (κ3) is 2.94. The largest absolute Gasteiger partial charge is 0.314 e. The Morgan fingerprint density at radius 2 is 2.00 bits per heavy atom. The Labute approximate surface area is 140 Å². The van der Waals surface area contributed by atoms with Gasteiger partial charge in [-0.15, -0.1) is 15.3 Å². The molecule has 7 heteroatoms. The van der Waals surface area contributed by atoms with Gasteiger partial charge >= 0.3 is 0 Å². The maximum Gasteiger partial charge on any atom is 0.147 e. The van der Waals surface area contributed by atoms with Crippen molar-refractivity contribution in [1.82, 2.24) is 35.1 Å². The van der Waals surface area contributed by atoms with E-state index in [1.807, 2.05) is 29.1 Å². The number of para-hydroxylation sites is 1. The quantitative estimate of drug-likeness (QED) is 0.775. The third-order valence-electron chi connectivity index (χ3n) is 4.43. The highest BCUT2D eigenvalue weighted by molar-refractivity contribution is 5.38. The highest BCUT2D eigenvalue weighted by atomic mass is 15.4. The highest BCUT2D eigenvalue weighted by Gasteiger charge is 2.15. The number of aromatic nitrogens is 6. The van der Waals surface area contributed by atoms with Gasteiger partial charge in [-0.1, -0.05) is 23.4 Å². The Hall–Kier alpha value is -2.54. The number of aryl methyl sites for hydroxylation is 2. The fraction of sp³-hybridized carbons (Fsp3) is 0.412. The Morgan fingerprint density at radius 3 is 2.92 bits per heavy atom. The van der Waals surface area contributed by atoms with Crippen molar-refractivity contribution in [1.29, 1.82) is 0 Å². The lowest BCUT2D eigenvalue weighted by atomic mass is 10.2. The minimum Gasteiger partial charge on any atom is -0.314 e. The summed E-state index contributed by atoms with van der Waals surface area (Å²) < 4.78 is 4.06. The first-order valence-corrected chi connectivity index (χ1v) is 8.40. The SMILES string of the molecule is Cc1ccccc1-n1cc(CNCc2nnc3n2CCCC3)nn1. The zero-order chi connectivity index (χ0) is 16.4. The second kappa shape index (κ2) is 6.52. The minimum atomic E-state index is 0.661. The highest BCUT2D eigenvalue weighted by Crippen LogP contribution is 2.14. The molecule has 0 amide bonds. The van der Waals surface area contributed by atoms with Gasteiger partial charge in [0, 0.05) is 19.5 Å². The molecule has 3 heterocycles. The van der Waals surface area contributed by atoms with E-state index in [2.05, 4.69) is 43.4 Å². The molecule has 0 radical (unpaired) electrons. The molecular weight excluding hydrogens is 302 g/mol. The maximum absolute atomic E-state index is 4.30. The van der Waals surface area contributed by atoms with Gasteiger partial charge in [-0.25, -0.2) is 4.68 Å². The summed E-state index contributed by atoms with van der Waals surface area (Å²) in [5.74, 6) is 2.12. The van der Waals surface area contributed by atoms with Crippen molar-refractivity contribution in [2.24, 2.45) is 0 Å². The molecule has 1 aromatic carbocycles. The normalized spacial score (nSPS) is 13.9. The van der Waals surface area contributed by atoms with Crippen LogP contribution in [0.15, 0.2) is 30.5 Å². The van der Waals surface area contributed by atoms with Gasteiger partial charge in [-0.2, -0.15) is 0 Å². The lowest BCUT2D eigenvalue weighted by Crippen LogP contribution is -2.19. The van der Waals surface area contributed by atoms with Gasteiger partial charge in [-0.05, 0) is 31.4 Å². The summed E-state index contributed by atoms with van der Waals surface area (Å²) in [6.45, 7) is 4.46. The van der Waals surface area contributed by atoms with Crippen molar-refractivity contribution in [3.63, 3.8) is 0 Å². The zero-order valence-electron chi connectivity index (χ0n) is 13.8. The van der Waals surface area contributed by atoms with Crippen LogP contribution < -0.4 is 5.32 Å². The van der Waals surface area contributed by atoms with Crippen LogP contribution in [0, 0.1) is 6.92 Å². The van der Waals surface area contributed by atoms with Crippen LogP contribution in [0.4, 0.5) is 0 Å². The number of nitrogens with zero attached hydrogens (tertiary/aromatic N) is 6. The van der Waals surface area contributed by atoms with Gasteiger partial charge in [0.15, 0.2) is 0 Å². The molecular formula is C17H21N7. The monoisotopic (exact) mass is 323 g/mol. The summed E-state index contributed by atoms with van der Waals surface area (Å²) in [6.07, 6.45) is 5.43. The fourth-order valence-corrected chi connectivity index (χ4v) is 3.12. The summed E-state index contributed by atoms with van der Waals surface area (Å²) in [5.41, 5.74) is 3.15. The molecule has 7 nitrogen and oxygen atoms in total. The molecule has 0 fully saturated rings. The molecule has 3 aromatic rings. The molecule has 1 aliphatic heterocycles. The number of rotatable bonds is 5. The van der Waals surface area contributed by atoms with Gasteiger partial charge in [0.2, 0.25) is 0 Å². The molecule has 2 aromatic heterocycles. The molecule has 4 rings (SSSR count). The van der Waals surface area contributed by atoms with Crippen molar-refractivity contribution in [3.8, 4) is 5.69 Å². The standard InChI is InChI=1S/C17H21N7/c1-13-6-2-3-7-15(13)24-12-14(19-22-24)10-18-11-17-21-20-16-8-4-5-9-23(16)17/h2-3,6-7,12,18H,4-5,8-11H2,1H3. The molecule has 0 bridgehead atoms. The molecule has 0 unspecified atom stereocenters. The van der Waals surface area contributed by atoms with Crippen molar-refractivity contribution in [2.45, 2.75) is 45.8 Å². The topological polar surface area (TPSA) is 73.5 Å². The molecule has 0 aliphatic carbocycles. The zero-order valence-corrected chi connectivity index (χ0v) is 13.8. The van der Waals surface area contributed by atoms with Crippen LogP contribution in [0.2, 0.25) is 0 Å². The van der Waals surface area contributed by atoms with E-state index < -0.39 is 0 Å². The second-order valence-corrected chi connectivity index (χ2v) is 6.19. The number of hydrogen-bond donors (Lipinski definition) is 1. The van der Waals surface area contributed by atoms with E-state index in [1.54, 1.807) is 0 Å². The molecule has 24 heavy (non-hydrogen) atoms. The van der Waals surface area contributed by atoms with Crippen molar-refractivity contribution >= 4 is 0 Å². The van der Waals surface area contributed by atoms with E-state index >= 15 is 0 Å². The molecule has 0 saturated heterocycles. The average Bonchev–Trinajstić information content (AvgIpc) is 3.23.